The maximum atomic E-state index is 12.8. The number of hydrogen-bond donors (Lipinski definition) is 1. The molecule has 2 aromatic carbocycles. The molecule has 1 N–H and O–H groups in total. The first-order valence-electron chi connectivity index (χ1n) is 7.00. The number of hydrogen-bond acceptors (Lipinski definition) is 2. The van der Waals surface area contributed by atoms with Crippen LogP contribution >= 0.6 is 11.6 Å². The van der Waals surface area contributed by atoms with E-state index < -0.39 is 10.0 Å². The molecule has 118 valence electrons. The van der Waals surface area contributed by atoms with Gasteiger partial charge >= 0.3 is 0 Å². The molecule has 0 radical (unpaired) electrons. The van der Waals surface area contributed by atoms with Crippen molar-refractivity contribution in [1.82, 2.24) is 0 Å². The van der Waals surface area contributed by atoms with Crippen molar-refractivity contribution in [2.75, 3.05) is 4.72 Å². The van der Waals surface area contributed by atoms with Gasteiger partial charge in [0.2, 0.25) is 0 Å². The number of anilines is 1. The van der Waals surface area contributed by atoms with E-state index in [1.807, 2.05) is 40.7 Å². The predicted octanol–water partition coefficient (Wildman–Crippen LogP) is 4.68. The molecule has 5 heteroatoms. The van der Waals surface area contributed by atoms with Crippen molar-refractivity contribution in [3.05, 3.63) is 57.1 Å². The van der Waals surface area contributed by atoms with Crippen LogP contribution in [0, 0.1) is 34.6 Å². The zero-order valence-corrected chi connectivity index (χ0v) is 15.0. The lowest BCUT2D eigenvalue weighted by molar-refractivity contribution is 0.599. The lowest BCUT2D eigenvalue weighted by Crippen LogP contribution is -2.17. The van der Waals surface area contributed by atoms with Crippen LogP contribution in [0.5, 0.6) is 0 Å². The van der Waals surface area contributed by atoms with Crippen LogP contribution in [0.25, 0.3) is 0 Å². The van der Waals surface area contributed by atoms with Crippen LogP contribution < -0.4 is 4.72 Å². The highest BCUT2D eigenvalue weighted by atomic mass is 35.5. The maximum Gasteiger partial charge on any atom is 0.262 e. The quantitative estimate of drug-likeness (QED) is 0.883. The Morgan fingerprint density at radius 2 is 1.41 bits per heavy atom. The van der Waals surface area contributed by atoms with Gasteiger partial charge in [0, 0.05) is 5.02 Å². The number of nitrogens with one attached hydrogen (secondary N) is 1. The average molecular weight is 338 g/mol. The summed E-state index contributed by atoms with van der Waals surface area (Å²) in [6.07, 6.45) is 0. The molecule has 22 heavy (non-hydrogen) atoms. The molecule has 0 atom stereocenters. The summed E-state index contributed by atoms with van der Waals surface area (Å²) in [5.74, 6) is 0. The van der Waals surface area contributed by atoms with E-state index in [1.54, 1.807) is 18.2 Å². The van der Waals surface area contributed by atoms with Gasteiger partial charge in [-0.05, 0) is 80.6 Å². The second kappa shape index (κ2) is 5.94. The fourth-order valence-electron chi connectivity index (χ4n) is 2.52. The van der Waals surface area contributed by atoms with E-state index in [9.17, 15) is 8.42 Å². The molecule has 0 aromatic heterocycles. The molecule has 0 aliphatic carbocycles. The van der Waals surface area contributed by atoms with Crippen molar-refractivity contribution >= 4 is 27.3 Å². The monoisotopic (exact) mass is 337 g/mol. The molecule has 0 saturated carbocycles. The van der Waals surface area contributed by atoms with Crippen molar-refractivity contribution in [3.63, 3.8) is 0 Å². The second-order valence-electron chi connectivity index (χ2n) is 5.65. The highest BCUT2D eigenvalue weighted by Gasteiger charge is 2.22. The van der Waals surface area contributed by atoms with E-state index >= 15 is 0 Å². The fraction of sp³-hybridized carbons (Fsp3) is 0.294. The second-order valence-corrected chi connectivity index (χ2v) is 7.71. The summed E-state index contributed by atoms with van der Waals surface area (Å²) in [4.78, 5) is 0.361. The van der Waals surface area contributed by atoms with Crippen LogP contribution in [-0.4, -0.2) is 8.42 Å². The highest BCUT2D eigenvalue weighted by molar-refractivity contribution is 7.92. The Kier molecular flexibility index (Phi) is 4.54. The molecular weight excluding hydrogens is 318 g/mol. The van der Waals surface area contributed by atoms with Gasteiger partial charge in [-0.25, -0.2) is 8.42 Å². The van der Waals surface area contributed by atoms with Crippen LogP contribution in [0.15, 0.2) is 29.2 Å². The lowest BCUT2D eigenvalue weighted by Gasteiger charge is -2.17. The first-order chi connectivity index (χ1) is 10.1. The van der Waals surface area contributed by atoms with E-state index in [4.69, 9.17) is 11.6 Å². The molecule has 0 saturated heterocycles. The summed E-state index contributed by atoms with van der Waals surface area (Å²) in [7, 11) is -3.65. The van der Waals surface area contributed by atoms with Crippen LogP contribution in [-0.2, 0) is 10.0 Å². The minimum absolute atomic E-state index is 0.361. The van der Waals surface area contributed by atoms with Gasteiger partial charge < -0.3 is 0 Å². The number of benzene rings is 2. The standard InChI is InChI=1S/C17H20ClNO2S/c1-10-8-11(2)14(5)17(13(10)4)22(20,21)19-16-7-6-15(18)9-12(16)3/h6-9,19H,1-5H3. The lowest BCUT2D eigenvalue weighted by atomic mass is 10.0. The van der Waals surface area contributed by atoms with Crippen molar-refractivity contribution in [3.8, 4) is 0 Å². The summed E-state index contributed by atoms with van der Waals surface area (Å²) in [6, 6.07) is 7.11. The Labute approximate surface area is 137 Å². The van der Waals surface area contributed by atoms with Gasteiger partial charge in [-0.3, -0.25) is 4.72 Å². The van der Waals surface area contributed by atoms with E-state index in [0.717, 1.165) is 27.8 Å². The zero-order valence-electron chi connectivity index (χ0n) is 13.4. The van der Waals surface area contributed by atoms with Gasteiger partial charge in [0.1, 0.15) is 0 Å². The number of rotatable bonds is 3. The van der Waals surface area contributed by atoms with Crippen molar-refractivity contribution in [2.24, 2.45) is 0 Å². The molecule has 3 nitrogen and oxygen atoms in total. The molecule has 0 fully saturated rings. The van der Waals surface area contributed by atoms with Crippen LogP contribution in [0.3, 0.4) is 0 Å². The Morgan fingerprint density at radius 3 is 1.91 bits per heavy atom. The number of sulfonamides is 1. The molecule has 2 aromatic rings. The Hall–Kier alpha value is -1.52. The third-order valence-corrected chi connectivity index (χ3v) is 5.87. The Bertz CT molecular complexity index is 816. The smallest absolute Gasteiger partial charge is 0.262 e. The van der Waals surface area contributed by atoms with Crippen molar-refractivity contribution in [2.45, 2.75) is 39.5 Å². The Balaban J connectivity index is 2.57. The summed E-state index contributed by atoms with van der Waals surface area (Å²) in [5.41, 5.74) is 4.83. The first-order valence-corrected chi connectivity index (χ1v) is 8.86. The fourth-order valence-corrected chi connectivity index (χ4v) is 4.50. The predicted molar refractivity (Wildman–Crippen MR) is 92.4 cm³/mol. The summed E-state index contributed by atoms with van der Waals surface area (Å²) in [6.45, 7) is 9.35. The van der Waals surface area contributed by atoms with Crippen molar-refractivity contribution < 1.29 is 8.42 Å². The molecule has 0 amide bonds. The molecular formula is C17H20ClNO2S. The maximum absolute atomic E-state index is 12.8. The number of halogens is 1. The van der Waals surface area contributed by atoms with Gasteiger partial charge in [-0.15, -0.1) is 0 Å². The normalized spacial score (nSPS) is 11.5. The largest absolute Gasteiger partial charge is 0.279 e. The molecule has 0 aliphatic heterocycles. The molecule has 0 unspecified atom stereocenters. The summed E-state index contributed by atoms with van der Waals surface area (Å²) >= 11 is 5.92. The van der Waals surface area contributed by atoms with Gasteiger partial charge in [0.15, 0.2) is 0 Å². The van der Waals surface area contributed by atoms with E-state index in [2.05, 4.69) is 4.72 Å². The SMILES string of the molecule is Cc1cc(Cl)ccc1NS(=O)(=O)c1c(C)c(C)cc(C)c1C. The summed E-state index contributed by atoms with van der Waals surface area (Å²) in [5, 5.41) is 0.583. The minimum atomic E-state index is -3.65. The molecule has 0 spiro atoms. The third-order valence-electron chi connectivity index (χ3n) is 4.00. The van der Waals surface area contributed by atoms with E-state index in [1.165, 1.54) is 0 Å². The van der Waals surface area contributed by atoms with Crippen LogP contribution in [0.2, 0.25) is 5.02 Å². The molecule has 0 heterocycles. The highest BCUT2D eigenvalue weighted by Crippen LogP contribution is 2.29. The zero-order chi connectivity index (χ0) is 16.7. The van der Waals surface area contributed by atoms with Gasteiger partial charge in [-0.2, -0.15) is 0 Å². The van der Waals surface area contributed by atoms with Crippen LogP contribution in [0.4, 0.5) is 5.69 Å². The average Bonchev–Trinajstić information content (AvgIpc) is 2.40. The van der Waals surface area contributed by atoms with E-state index in [0.29, 0.717) is 15.6 Å². The first kappa shape index (κ1) is 16.8. The molecule has 2 rings (SSSR count). The summed E-state index contributed by atoms with van der Waals surface area (Å²) < 4.78 is 28.4. The minimum Gasteiger partial charge on any atom is -0.279 e. The van der Waals surface area contributed by atoms with Crippen molar-refractivity contribution in [1.29, 1.82) is 0 Å². The van der Waals surface area contributed by atoms with Gasteiger partial charge in [-0.1, -0.05) is 17.7 Å². The van der Waals surface area contributed by atoms with Gasteiger partial charge in [0.25, 0.3) is 10.0 Å². The third kappa shape index (κ3) is 3.13. The van der Waals surface area contributed by atoms with E-state index in [-0.39, 0.29) is 0 Å². The van der Waals surface area contributed by atoms with Gasteiger partial charge in [0.05, 0.1) is 10.6 Å². The molecule has 0 bridgehead atoms. The topological polar surface area (TPSA) is 46.2 Å². The molecule has 0 aliphatic rings. The number of aryl methyl sites for hydroxylation is 3. The Morgan fingerprint density at radius 1 is 0.864 bits per heavy atom. The van der Waals surface area contributed by atoms with Crippen LogP contribution in [0.1, 0.15) is 27.8 Å².